The minimum absolute atomic E-state index is 0.0780. The van der Waals surface area contributed by atoms with Crippen molar-refractivity contribution < 1.29 is 13.3 Å². The molecule has 0 radical (unpaired) electrons. The van der Waals surface area contributed by atoms with E-state index in [4.69, 9.17) is 0 Å². The summed E-state index contributed by atoms with van der Waals surface area (Å²) in [5, 5.41) is 11.0. The van der Waals surface area contributed by atoms with E-state index in [2.05, 4.69) is 9.62 Å². The van der Waals surface area contributed by atoms with Crippen molar-refractivity contribution in [3.63, 3.8) is 0 Å². The largest absolute Gasteiger partial charge is 0.372 e. The van der Waals surface area contributed by atoms with Crippen molar-refractivity contribution >= 4 is 21.4 Å². The molecule has 1 saturated heterocycles. The number of rotatable bonds is 6. The van der Waals surface area contributed by atoms with Crippen LogP contribution in [-0.4, -0.2) is 26.4 Å². The van der Waals surface area contributed by atoms with Crippen molar-refractivity contribution in [2.75, 3.05) is 18.0 Å². The van der Waals surface area contributed by atoms with Crippen LogP contribution >= 0.6 is 0 Å². The van der Waals surface area contributed by atoms with Crippen LogP contribution in [0.2, 0.25) is 0 Å². The van der Waals surface area contributed by atoms with Crippen LogP contribution < -0.4 is 9.62 Å². The van der Waals surface area contributed by atoms with Crippen molar-refractivity contribution in [2.24, 2.45) is 0 Å². The molecule has 25 heavy (non-hydrogen) atoms. The number of hydrogen-bond donors (Lipinski definition) is 1. The molecule has 7 nitrogen and oxygen atoms in total. The van der Waals surface area contributed by atoms with Gasteiger partial charge in [-0.1, -0.05) is 24.3 Å². The number of nitrogens with zero attached hydrogens (tertiary/aromatic N) is 2. The normalized spacial score (nSPS) is 14.6. The Kier molecular flexibility index (Phi) is 5.00. The fourth-order valence-corrected chi connectivity index (χ4v) is 4.08. The quantitative estimate of drug-likeness (QED) is 0.631. The minimum atomic E-state index is -3.96. The van der Waals surface area contributed by atoms with Gasteiger partial charge >= 0.3 is 0 Å². The van der Waals surface area contributed by atoms with Gasteiger partial charge in [-0.05, 0) is 36.6 Å². The van der Waals surface area contributed by atoms with Crippen molar-refractivity contribution in [1.82, 2.24) is 4.72 Å². The van der Waals surface area contributed by atoms with Crippen molar-refractivity contribution in [3.8, 4) is 0 Å². The van der Waals surface area contributed by atoms with Crippen LogP contribution in [0, 0.1) is 10.1 Å². The second kappa shape index (κ2) is 7.20. The van der Waals surface area contributed by atoms with Gasteiger partial charge < -0.3 is 4.90 Å². The Balaban J connectivity index is 1.71. The lowest BCUT2D eigenvalue weighted by Crippen LogP contribution is -2.24. The van der Waals surface area contributed by atoms with Crippen LogP contribution in [0.25, 0.3) is 0 Å². The molecule has 1 heterocycles. The highest BCUT2D eigenvalue weighted by Gasteiger charge is 2.24. The number of hydrogen-bond acceptors (Lipinski definition) is 5. The lowest BCUT2D eigenvalue weighted by Gasteiger charge is -2.17. The van der Waals surface area contributed by atoms with Gasteiger partial charge in [0.1, 0.15) is 0 Å². The average molecular weight is 361 g/mol. The molecular formula is C17H19N3O4S. The lowest BCUT2D eigenvalue weighted by molar-refractivity contribution is -0.387. The number of nitro benzene ring substituents is 1. The number of benzene rings is 2. The van der Waals surface area contributed by atoms with Crippen LogP contribution in [-0.2, 0) is 16.6 Å². The van der Waals surface area contributed by atoms with E-state index in [1.165, 1.54) is 37.1 Å². The predicted octanol–water partition coefficient (Wildman–Crippen LogP) is 2.67. The predicted molar refractivity (Wildman–Crippen MR) is 95.0 cm³/mol. The zero-order valence-electron chi connectivity index (χ0n) is 13.6. The van der Waals surface area contributed by atoms with Crippen LogP contribution in [0.1, 0.15) is 18.4 Å². The Morgan fingerprint density at radius 3 is 2.32 bits per heavy atom. The van der Waals surface area contributed by atoms with Crippen LogP contribution in [0.5, 0.6) is 0 Å². The van der Waals surface area contributed by atoms with Gasteiger partial charge in [0.15, 0.2) is 4.90 Å². The molecule has 0 saturated carbocycles. The zero-order valence-corrected chi connectivity index (χ0v) is 14.4. The van der Waals surface area contributed by atoms with E-state index in [1.54, 1.807) is 0 Å². The second-order valence-corrected chi connectivity index (χ2v) is 7.65. The van der Waals surface area contributed by atoms with E-state index in [0.29, 0.717) is 0 Å². The van der Waals surface area contributed by atoms with Gasteiger partial charge in [0, 0.05) is 31.4 Å². The lowest BCUT2D eigenvalue weighted by atomic mass is 10.2. The number of anilines is 1. The summed E-state index contributed by atoms with van der Waals surface area (Å²) in [6.45, 7) is 2.17. The molecule has 1 aliphatic rings. The molecule has 0 amide bonds. The highest BCUT2D eigenvalue weighted by Crippen LogP contribution is 2.23. The number of para-hydroxylation sites is 1. The highest BCUT2D eigenvalue weighted by molar-refractivity contribution is 7.89. The molecule has 1 aliphatic heterocycles. The maximum absolute atomic E-state index is 12.4. The summed E-state index contributed by atoms with van der Waals surface area (Å²) in [6, 6.07) is 13.0. The zero-order chi connectivity index (χ0) is 17.9. The van der Waals surface area contributed by atoms with E-state index in [0.717, 1.165) is 24.3 Å². The third-order valence-electron chi connectivity index (χ3n) is 4.23. The first-order valence-corrected chi connectivity index (χ1v) is 9.53. The molecule has 0 unspecified atom stereocenters. The minimum Gasteiger partial charge on any atom is -0.372 e. The maximum atomic E-state index is 12.4. The number of nitrogens with one attached hydrogen (secondary N) is 1. The highest BCUT2D eigenvalue weighted by atomic mass is 32.2. The Hall–Kier alpha value is -2.45. The summed E-state index contributed by atoms with van der Waals surface area (Å²) in [5.74, 6) is 0. The SMILES string of the molecule is O=[N+]([O-])c1ccccc1S(=O)(=O)NCc1ccc(N2CCCC2)cc1. The summed E-state index contributed by atoms with van der Waals surface area (Å²) in [5.41, 5.74) is 1.49. The summed E-state index contributed by atoms with van der Waals surface area (Å²) < 4.78 is 27.2. The van der Waals surface area contributed by atoms with Crippen LogP contribution in [0.15, 0.2) is 53.4 Å². The summed E-state index contributed by atoms with van der Waals surface area (Å²) in [7, 11) is -3.96. The van der Waals surface area contributed by atoms with E-state index in [-0.39, 0.29) is 11.4 Å². The molecule has 1 N–H and O–H groups in total. The smallest absolute Gasteiger partial charge is 0.289 e. The number of sulfonamides is 1. The Labute approximate surface area is 146 Å². The summed E-state index contributed by atoms with van der Waals surface area (Å²) in [4.78, 5) is 12.3. The van der Waals surface area contributed by atoms with Crippen molar-refractivity contribution in [3.05, 3.63) is 64.2 Å². The topological polar surface area (TPSA) is 92.5 Å². The molecule has 2 aromatic rings. The summed E-state index contributed by atoms with van der Waals surface area (Å²) in [6.07, 6.45) is 2.38. The van der Waals surface area contributed by atoms with E-state index < -0.39 is 20.6 Å². The molecule has 1 fully saturated rings. The monoisotopic (exact) mass is 361 g/mol. The van der Waals surface area contributed by atoms with Gasteiger partial charge in [0.25, 0.3) is 5.69 Å². The van der Waals surface area contributed by atoms with Crippen molar-refractivity contribution in [1.29, 1.82) is 0 Å². The molecule has 0 atom stereocenters. The molecule has 3 rings (SSSR count). The van der Waals surface area contributed by atoms with Crippen LogP contribution in [0.3, 0.4) is 0 Å². The molecule has 132 valence electrons. The fraction of sp³-hybridized carbons (Fsp3) is 0.294. The molecule has 0 spiro atoms. The standard InChI is InChI=1S/C17H19N3O4S/c21-20(22)16-5-1-2-6-17(16)25(23,24)18-13-14-7-9-15(10-8-14)19-11-3-4-12-19/h1-2,5-10,18H,3-4,11-13H2. The average Bonchev–Trinajstić information content (AvgIpc) is 3.15. The molecule has 2 aromatic carbocycles. The van der Waals surface area contributed by atoms with Gasteiger partial charge in [-0.2, -0.15) is 0 Å². The number of nitro groups is 1. The molecular weight excluding hydrogens is 342 g/mol. The Morgan fingerprint density at radius 1 is 1.04 bits per heavy atom. The van der Waals surface area contributed by atoms with E-state index >= 15 is 0 Å². The first-order chi connectivity index (χ1) is 12.0. The second-order valence-electron chi connectivity index (χ2n) is 5.91. The third-order valence-corrected chi connectivity index (χ3v) is 5.67. The van der Waals surface area contributed by atoms with Crippen molar-refractivity contribution in [2.45, 2.75) is 24.3 Å². The molecule has 0 aliphatic carbocycles. The third kappa shape index (κ3) is 3.97. The Morgan fingerprint density at radius 2 is 1.68 bits per heavy atom. The van der Waals surface area contributed by atoms with Gasteiger partial charge in [-0.25, -0.2) is 13.1 Å². The first kappa shape index (κ1) is 17.4. The maximum Gasteiger partial charge on any atom is 0.289 e. The van der Waals surface area contributed by atoms with Crippen LogP contribution in [0.4, 0.5) is 11.4 Å². The molecule has 0 bridgehead atoms. The van der Waals surface area contributed by atoms with Gasteiger partial charge in [-0.15, -0.1) is 0 Å². The van der Waals surface area contributed by atoms with Gasteiger partial charge in [0.05, 0.1) is 4.92 Å². The first-order valence-electron chi connectivity index (χ1n) is 8.04. The molecule has 8 heteroatoms. The van der Waals surface area contributed by atoms with Gasteiger partial charge in [0.2, 0.25) is 10.0 Å². The molecule has 0 aromatic heterocycles. The van der Waals surface area contributed by atoms with E-state index in [9.17, 15) is 18.5 Å². The Bertz CT molecular complexity index is 860. The fourth-order valence-electron chi connectivity index (χ4n) is 2.89. The van der Waals surface area contributed by atoms with Gasteiger partial charge in [-0.3, -0.25) is 10.1 Å². The summed E-state index contributed by atoms with van der Waals surface area (Å²) >= 11 is 0. The van der Waals surface area contributed by atoms with E-state index in [1.807, 2.05) is 24.3 Å².